The van der Waals surface area contributed by atoms with Crippen LogP contribution in [0.3, 0.4) is 0 Å². The molecule has 2 N–H and O–H groups in total. The first-order chi connectivity index (χ1) is 12.7. The maximum Gasteiger partial charge on any atom is 0.142 e. The van der Waals surface area contributed by atoms with E-state index in [1.807, 2.05) is 48.3 Å². The van der Waals surface area contributed by atoms with E-state index >= 15 is 0 Å². The fourth-order valence-electron chi connectivity index (χ4n) is 3.32. The summed E-state index contributed by atoms with van der Waals surface area (Å²) in [5.74, 6) is 1.60. The van der Waals surface area contributed by atoms with Crippen molar-refractivity contribution < 1.29 is 9.15 Å². The van der Waals surface area contributed by atoms with E-state index < -0.39 is 0 Å². The standard InChI is InChI=1S/C20H20N4O2/c1-24-8-7-13(12-24)16-10-14(15(11-21)20(22)23-16)17-5-6-19(26-17)18-4-2-3-9-25-18/h5-8,10,12,18H,2-4,9H2,1H3,(H2,22,23). The molecule has 1 saturated heterocycles. The van der Waals surface area contributed by atoms with Crippen molar-refractivity contribution in [1.29, 1.82) is 5.26 Å². The second kappa shape index (κ2) is 6.70. The van der Waals surface area contributed by atoms with Crippen LogP contribution in [-0.4, -0.2) is 16.2 Å². The summed E-state index contributed by atoms with van der Waals surface area (Å²) < 4.78 is 13.8. The second-order valence-electron chi connectivity index (χ2n) is 6.55. The van der Waals surface area contributed by atoms with Crippen molar-refractivity contribution in [2.75, 3.05) is 12.3 Å². The lowest BCUT2D eigenvalue weighted by Gasteiger charge is -2.20. The number of nitriles is 1. The quantitative estimate of drug-likeness (QED) is 0.771. The maximum atomic E-state index is 9.54. The molecule has 1 atom stereocenters. The first-order valence-electron chi connectivity index (χ1n) is 8.70. The Morgan fingerprint density at radius 3 is 2.88 bits per heavy atom. The van der Waals surface area contributed by atoms with E-state index in [4.69, 9.17) is 14.9 Å². The molecule has 4 rings (SSSR count). The Morgan fingerprint density at radius 2 is 2.19 bits per heavy atom. The minimum atomic E-state index is -0.0178. The molecule has 3 aromatic heterocycles. The second-order valence-corrected chi connectivity index (χ2v) is 6.55. The summed E-state index contributed by atoms with van der Waals surface area (Å²) in [6.45, 7) is 0.754. The van der Waals surface area contributed by atoms with Gasteiger partial charge >= 0.3 is 0 Å². The van der Waals surface area contributed by atoms with Gasteiger partial charge in [-0.05, 0) is 43.5 Å². The van der Waals surface area contributed by atoms with Gasteiger partial charge in [-0.1, -0.05) is 0 Å². The van der Waals surface area contributed by atoms with Gasteiger partial charge in [0.1, 0.15) is 35.1 Å². The van der Waals surface area contributed by atoms with Gasteiger partial charge in [-0.3, -0.25) is 0 Å². The minimum absolute atomic E-state index is 0.0178. The predicted molar refractivity (Wildman–Crippen MR) is 98.0 cm³/mol. The van der Waals surface area contributed by atoms with Crippen molar-refractivity contribution in [1.82, 2.24) is 9.55 Å². The molecular formula is C20H20N4O2. The van der Waals surface area contributed by atoms with E-state index in [1.54, 1.807) is 0 Å². The van der Waals surface area contributed by atoms with Gasteiger partial charge in [-0.25, -0.2) is 4.98 Å². The van der Waals surface area contributed by atoms with Gasteiger partial charge in [0.2, 0.25) is 0 Å². The van der Waals surface area contributed by atoms with Crippen LogP contribution in [0.1, 0.15) is 36.7 Å². The highest BCUT2D eigenvalue weighted by molar-refractivity contribution is 5.77. The largest absolute Gasteiger partial charge is 0.458 e. The lowest BCUT2D eigenvalue weighted by Crippen LogP contribution is -2.10. The van der Waals surface area contributed by atoms with E-state index in [1.165, 1.54) is 0 Å². The zero-order chi connectivity index (χ0) is 18.1. The molecule has 0 aliphatic carbocycles. The molecule has 0 saturated carbocycles. The lowest BCUT2D eigenvalue weighted by atomic mass is 10.0. The van der Waals surface area contributed by atoms with Gasteiger partial charge in [-0.2, -0.15) is 5.26 Å². The van der Waals surface area contributed by atoms with E-state index in [0.29, 0.717) is 22.6 Å². The average molecular weight is 348 g/mol. The smallest absolute Gasteiger partial charge is 0.142 e. The predicted octanol–water partition coefficient (Wildman–Crippen LogP) is 4.04. The number of rotatable bonds is 3. The van der Waals surface area contributed by atoms with Crippen LogP contribution in [0.2, 0.25) is 0 Å². The number of anilines is 1. The van der Waals surface area contributed by atoms with Crippen LogP contribution in [-0.2, 0) is 11.8 Å². The highest BCUT2D eigenvalue weighted by atomic mass is 16.5. The number of aromatic nitrogens is 2. The molecule has 3 aromatic rings. The summed E-state index contributed by atoms with van der Waals surface area (Å²) in [6.07, 6.45) is 7.05. The minimum Gasteiger partial charge on any atom is -0.458 e. The van der Waals surface area contributed by atoms with Gasteiger partial charge in [-0.15, -0.1) is 0 Å². The topological polar surface area (TPSA) is 90.0 Å². The molecule has 1 fully saturated rings. The number of hydrogen-bond acceptors (Lipinski definition) is 5. The Bertz CT molecular complexity index is 974. The summed E-state index contributed by atoms with van der Waals surface area (Å²) in [4.78, 5) is 4.39. The Morgan fingerprint density at radius 1 is 1.31 bits per heavy atom. The molecule has 1 aliphatic rings. The van der Waals surface area contributed by atoms with E-state index in [2.05, 4.69) is 11.1 Å². The highest BCUT2D eigenvalue weighted by Gasteiger charge is 2.22. The lowest BCUT2D eigenvalue weighted by molar-refractivity contribution is 0.00222. The van der Waals surface area contributed by atoms with Crippen LogP contribution in [0.25, 0.3) is 22.6 Å². The molecule has 0 spiro atoms. The summed E-state index contributed by atoms with van der Waals surface area (Å²) in [5, 5.41) is 9.54. The van der Waals surface area contributed by atoms with Crippen LogP contribution in [0, 0.1) is 11.3 Å². The zero-order valence-corrected chi connectivity index (χ0v) is 14.6. The van der Waals surface area contributed by atoms with E-state index in [0.717, 1.165) is 37.2 Å². The number of nitrogens with two attached hydrogens (primary N) is 1. The third-order valence-electron chi connectivity index (χ3n) is 4.68. The molecule has 6 nitrogen and oxygen atoms in total. The number of furan rings is 1. The first kappa shape index (κ1) is 16.4. The highest BCUT2D eigenvalue weighted by Crippen LogP contribution is 2.35. The molecule has 0 radical (unpaired) electrons. The summed E-state index contributed by atoms with van der Waals surface area (Å²) >= 11 is 0. The number of pyridine rings is 1. The van der Waals surface area contributed by atoms with Crippen LogP contribution in [0.15, 0.2) is 41.1 Å². The Hall–Kier alpha value is -3.04. The number of nitrogens with zero attached hydrogens (tertiary/aromatic N) is 3. The fourth-order valence-corrected chi connectivity index (χ4v) is 3.32. The van der Waals surface area contributed by atoms with Crippen molar-refractivity contribution >= 4 is 5.82 Å². The van der Waals surface area contributed by atoms with Gasteiger partial charge < -0.3 is 19.5 Å². The Kier molecular flexibility index (Phi) is 4.23. The molecule has 132 valence electrons. The van der Waals surface area contributed by atoms with Gasteiger partial charge in [0.05, 0.1) is 5.69 Å². The molecule has 1 aliphatic heterocycles. The molecule has 4 heterocycles. The molecule has 0 bridgehead atoms. The van der Waals surface area contributed by atoms with Crippen LogP contribution < -0.4 is 5.73 Å². The van der Waals surface area contributed by atoms with Gasteiger partial charge in [0.25, 0.3) is 0 Å². The van der Waals surface area contributed by atoms with Gasteiger partial charge in [0, 0.05) is 37.2 Å². The molecule has 6 heteroatoms. The third kappa shape index (κ3) is 2.98. The SMILES string of the molecule is Cn1ccc(-c2cc(-c3ccc(C4CCCCO4)o3)c(C#N)c(N)n2)c1. The molecular weight excluding hydrogens is 328 g/mol. The van der Waals surface area contributed by atoms with Crippen LogP contribution in [0.4, 0.5) is 5.82 Å². The van der Waals surface area contributed by atoms with Crippen molar-refractivity contribution in [2.24, 2.45) is 7.05 Å². The fraction of sp³-hybridized carbons (Fsp3) is 0.300. The van der Waals surface area contributed by atoms with E-state index in [9.17, 15) is 5.26 Å². The maximum absolute atomic E-state index is 9.54. The molecule has 0 amide bonds. The molecule has 0 aromatic carbocycles. The molecule has 1 unspecified atom stereocenters. The van der Waals surface area contributed by atoms with Crippen molar-refractivity contribution in [3.63, 3.8) is 0 Å². The average Bonchev–Trinajstić information content (AvgIpc) is 3.31. The van der Waals surface area contributed by atoms with Crippen molar-refractivity contribution in [3.8, 4) is 28.7 Å². The first-order valence-corrected chi connectivity index (χ1v) is 8.70. The van der Waals surface area contributed by atoms with Crippen LogP contribution >= 0.6 is 0 Å². The Labute approximate surface area is 151 Å². The number of aryl methyl sites for hydroxylation is 1. The monoisotopic (exact) mass is 348 g/mol. The number of hydrogen-bond donors (Lipinski definition) is 1. The van der Waals surface area contributed by atoms with Crippen molar-refractivity contribution in [3.05, 3.63) is 48.0 Å². The number of nitrogen functional groups attached to an aromatic ring is 1. The summed E-state index contributed by atoms with van der Waals surface area (Å²) in [5.41, 5.74) is 8.69. The van der Waals surface area contributed by atoms with Gasteiger partial charge in [0.15, 0.2) is 0 Å². The normalized spacial score (nSPS) is 17.2. The van der Waals surface area contributed by atoms with Crippen LogP contribution in [0.5, 0.6) is 0 Å². The van der Waals surface area contributed by atoms with E-state index in [-0.39, 0.29) is 11.9 Å². The summed E-state index contributed by atoms with van der Waals surface area (Å²) in [7, 11) is 1.94. The summed E-state index contributed by atoms with van der Waals surface area (Å²) in [6, 6.07) is 9.76. The zero-order valence-electron chi connectivity index (χ0n) is 14.6. The molecule has 26 heavy (non-hydrogen) atoms. The number of ether oxygens (including phenoxy) is 1. The Balaban J connectivity index is 1.76. The van der Waals surface area contributed by atoms with Crippen molar-refractivity contribution in [2.45, 2.75) is 25.4 Å². The third-order valence-corrected chi connectivity index (χ3v) is 4.68.